The van der Waals surface area contributed by atoms with E-state index in [9.17, 15) is 22.8 Å². The number of ether oxygens (including phenoxy) is 1. The third kappa shape index (κ3) is 4.54. The molecule has 2 amide bonds. The summed E-state index contributed by atoms with van der Waals surface area (Å²) in [6.45, 7) is 6.01. The van der Waals surface area contributed by atoms with Gasteiger partial charge in [-0.25, -0.2) is 4.79 Å². The molecule has 0 radical (unpaired) electrons. The van der Waals surface area contributed by atoms with Crippen molar-refractivity contribution in [1.29, 1.82) is 0 Å². The largest absolute Gasteiger partial charge is 0.444 e. The van der Waals surface area contributed by atoms with E-state index in [1.54, 1.807) is 26.8 Å². The number of carbonyl (C=O) groups excluding carboxylic acids is 2. The highest BCUT2D eigenvalue weighted by atomic mass is 19.4. The fourth-order valence-electron chi connectivity index (χ4n) is 3.26. The Morgan fingerprint density at radius 2 is 1.78 bits per heavy atom. The van der Waals surface area contributed by atoms with Crippen molar-refractivity contribution in [1.82, 2.24) is 10.2 Å². The Morgan fingerprint density at radius 1 is 1.15 bits per heavy atom. The molecule has 1 aromatic rings. The van der Waals surface area contributed by atoms with Gasteiger partial charge in [0.05, 0.1) is 11.6 Å². The lowest BCUT2D eigenvalue weighted by Gasteiger charge is -2.40. The molecule has 3 rings (SSSR count). The molecule has 27 heavy (non-hydrogen) atoms. The number of rotatable bonds is 3. The zero-order valence-electron chi connectivity index (χ0n) is 15.5. The summed E-state index contributed by atoms with van der Waals surface area (Å²) in [6, 6.07) is 5.21. The molecular formula is C19H23F3N2O3. The molecule has 1 aliphatic carbocycles. The third-order valence-corrected chi connectivity index (χ3v) is 4.67. The molecule has 1 aliphatic heterocycles. The maximum absolute atomic E-state index is 13.1. The van der Waals surface area contributed by atoms with Crippen LogP contribution in [-0.2, 0) is 15.7 Å². The Hall–Kier alpha value is -2.25. The topological polar surface area (TPSA) is 58.6 Å². The van der Waals surface area contributed by atoms with Crippen molar-refractivity contribution in [2.45, 2.75) is 50.9 Å². The van der Waals surface area contributed by atoms with Crippen LogP contribution in [0, 0.1) is 5.92 Å². The zero-order chi connectivity index (χ0) is 20.0. The van der Waals surface area contributed by atoms with E-state index in [1.165, 1.54) is 17.0 Å². The van der Waals surface area contributed by atoms with Gasteiger partial charge < -0.3 is 15.0 Å². The fourth-order valence-corrected chi connectivity index (χ4v) is 3.26. The predicted octanol–water partition coefficient (Wildman–Crippen LogP) is 3.54. The van der Waals surface area contributed by atoms with E-state index in [0.29, 0.717) is 19.5 Å². The third-order valence-electron chi connectivity index (χ3n) is 4.67. The molecule has 2 fully saturated rings. The van der Waals surface area contributed by atoms with Crippen molar-refractivity contribution in [2.75, 3.05) is 13.1 Å². The lowest BCUT2D eigenvalue weighted by atomic mass is 10.0. The molecule has 1 aromatic carbocycles. The van der Waals surface area contributed by atoms with Gasteiger partial charge >= 0.3 is 12.3 Å². The lowest BCUT2D eigenvalue weighted by molar-refractivity contribution is -0.138. The Balaban J connectivity index is 1.51. The van der Waals surface area contributed by atoms with Crippen LogP contribution in [0.3, 0.4) is 0 Å². The molecule has 8 heteroatoms. The number of hydrogen-bond donors (Lipinski definition) is 1. The van der Waals surface area contributed by atoms with Gasteiger partial charge in [0.25, 0.3) is 0 Å². The van der Waals surface area contributed by atoms with Gasteiger partial charge in [0.15, 0.2) is 0 Å². The molecule has 5 nitrogen and oxygen atoms in total. The first-order chi connectivity index (χ1) is 12.5. The van der Waals surface area contributed by atoms with Gasteiger partial charge in [0.1, 0.15) is 5.60 Å². The quantitative estimate of drug-likeness (QED) is 0.867. The summed E-state index contributed by atoms with van der Waals surface area (Å²) < 4.78 is 44.6. The lowest BCUT2D eigenvalue weighted by Crippen LogP contribution is -2.61. The van der Waals surface area contributed by atoms with E-state index < -0.39 is 35.3 Å². The van der Waals surface area contributed by atoms with Crippen molar-refractivity contribution in [3.05, 3.63) is 35.4 Å². The van der Waals surface area contributed by atoms with E-state index in [4.69, 9.17) is 4.74 Å². The number of nitrogens with zero attached hydrogens (tertiary/aromatic N) is 1. The van der Waals surface area contributed by atoms with E-state index in [1.807, 2.05) is 0 Å². The molecule has 2 atom stereocenters. The minimum absolute atomic E-state index is 0.175. The smallest absolute Gasteiger partial charge is 0.416 e. The second kappa shape index (κ2) is 6.73. The molecule has 0 unspecified atom stereocenters. The van der Waals surface area contributed by atoms with Crippen LogP contribution in [0.4, 0.5) is 18.0 Å². The van der Waals surface area contributed by atoms with Crippen LogP contribution in [0.1, 0.15) is 44.2 Å². The molecule has 1 heterocycles. The van der Waals surface area contributed by atoms with Crippen molar-refractivity contribution in [3.8, 4) is 0 Å². The molecule has 148 valence electrons. The molecular weight excluding hydrogens is 361 g/mol. The summed E-state index contributed by atoms with van der Waals surface area (Å²) in [7, 11) is 0. The fraction of sp³-hybridized carbons (Fsp3) is 0.579. The summed E-state index contributed by atoms with van der Waals surface area (Å²) in [6.07, 6.45) is -4.46. The first kappa shape index (κ1) is 19.5. The number of halogens is 3. The number of nitrogens with one attached hydrogen (secondary N) is 1. The maximum Gasteiger partial charge on any atom is 0.416 e. The molecule has 1 saturated heterocycles. The number of alkyl halides is 3. The molecule has 1 saturated carbocycles. The van der Waals surface area contributed by atoms with Crippen molar-refractivity contribution in [2.24, 2.45) is 5.92 Å². The Kier molecular flexibility index (Phi) is 4.86. The highest BCUT2D eigenvalue weighted by molar-refractivity contribution is 5.83. The van der Waals surface area contributed by atoms with Gasteiger partial charge in [-0.1, -0.05) is 18.2 Å². The highest BCUT2D eigenvalue weighted by Crippen LogP contribution is 2.51. The van der Waals surface area contributed by atoms with Gasteiger partial charge in [-0.3, -0.25) is 4.79 Å². The normalized spacial score (nSPS) is 22.8. The minimum Gasteiger partial charge on any atom is -0.444 e. The van der Waals surface area contributed by atoms with E-state index in [-0.39, 0.29) is 17.5 Å². The first-order valence-electron chi connectivity index (χ1n) is 8.90. The van der Waals surface area contributed by atoms with Gasteiger partial charge in [-0.15, -0.1) is 0 Å². The molecule has 0 bridgehead atoms. The Labute approximate surface area is 155 Å². The Bertz CT molecular complexity index is 736. The van der Waals surface area contributed by atoms with Crippen molar-refractivity contribution < 1.29 is 27.5 Å². The summed E-state index contributed by atoms with van der Waals surface area (Å²) in [5.74, 6) is -1.13. The van der Waals surface area contributed by atoms with E-state index >= 15 is 0 Å². The SMILES string of the molecule is CC(C)(C)OC(=O)N1CC(NC(=O)[C@@H]2C[C@H]2c2ccccc2C(F)(F)F)C1. The standard InChI is InChI=1S/C19H23F3N2O3/c1-18(2,3)27-17(26)24-9-11(10-24)23-16(25)14-8-13(14)12-6-4-5-7-15(12)19(20,21)22/h4-7,11,13-14H,8-10H2,1-3H3,(H,23,25)/t13-,14+/m0/s1. The van der Waals surface area contributed by atoms with Crippen molar-refractivity contribution >= 4 is 12.0 Å². The zero-order valence-corrected chi connectivity index (χ0v) is 15.5. The average Bonchev–Trinajstić information content (AvgIpc) is 3.28. The van der Waals surface area contributed by atoms with Gasteiger partial charge in [0.2, 0.25) is 5.91 Å². The van der Waals surface area contributed by atoms with Crippen LogP contribution >= 0.6 is 0 Å². The van der Waals surface area contributed by atoms with Gasteiger partial charge in [0, 0.05) is 19.0 Å². The second-order valence-electron chi connectivity index (χ2n) is 8.12. The van der Waals surface area contributed by atoms with E-state index in [0.717, 1.165) is 6.07 Å². The van der Waals surface area contributed by atoms with Crippen LogP contribution < -0.4 is 5.32 Å². The van der Waals surface area contributed by atoms with Crippen LogP contribution in [-0.4, -0.2) is 41.6 Å². The van der Waals surface area contributed by atoms with Crippen LogP contribution in [0.25, 0.3) is 0 Å². The molecule has 1 N–H and O–H groups in total. The summed E-state index contributed by atoms with van der Waals surface area (Å²) in [4.78, 5) is 25.7. The van der Waals surface area contributed by atoms with Gasteiger partial charge in [-0.2, -0.15) is 13.2 Å². The summed E-state index contributed by atoms with van der Waals surface area (Å²) >= 11 is 0. The first-order valence-corrected chi connectivity index (χ1v) is 8.90. The second-order valence-corrected chi connectivity index (χ2v) is 8.12. The van der Waals surface area contributed by atoms with Crippen LogP contribution in [0.2, 0.25) is 0 Å². The number of hydrogen-bond acceptors (Lipinski definition) is 3. The van der Waals surface area contributed by atoms with Gasteiger partial charge in [-0.05, 0) is 44.7 Å². The van der Waals surface area contributed by atoms with E-state index in [2.05, 4.69) is 5.32 Å². The Morgan fingerprint density at radius 3 is 2.37 bits per heavy atom. The number of benzene rings is 1. The maximum atomic E-state index is 13.1. The summed E-state index contributed by atoms with van der Waals surface area (Å²) in [5, 5.41) is 2.81. The van der Waals surface area contributed by atoms with Crippen LogP contribution in [0.15, 0.2) is 24.3 Å². The number of carbonyl (C=O) groups is 2. The average molecular weight is 384 g/mol. The van der Waals surface area contributed by atoms with Crippen molar-refractivity contribution in [3.63, 3.8) is 0 Å². The number of amides is 2. The summed E-state index contributed by atoms with van der Waals surface area (Å²) in [5.41, 5.74) is -1.09. The predicted molar refractivity (Wildman–Crippen MR) is 92.0 cm³/mol. The highest BCUT2D eigenvalue weighted by Gasteiger charge is 2.48. The van der Waals surface area contributed by atoms with Crippen LogP contribution in [0.5, 0.6) is 0 Å². The molecule has 2 aliphatic rings. The molecule has 0 aromatic heterocycles. The minimum atomic E-state index is -4.43. The number of likely N-dealkylation sites (tertiary alicyclic amines) is 1. The molecule has 0 spiro atoms. The monoisotopic (exact) mass is 384 g/mol.